The molecule has 9 heteroatoms. The molecule has 2 rings (SSSR count). The third-order valence-electron chi connectivity index (χ3n) is 3.89. The minimum Gasteiger partial charge on any atom is -0.497 e. The second-order valence-corrected chi connectivity index (χ2v) is 7.54. The first kappa shape index (κ1) is 22.1. The van der Waals surface area contributed by atoms with Crippen LogP contribution in [0.25, 0.3) is 0 Å². The largest absolute Gasteiger partial charge is 0.497 e. The molecule has 0 aliphatic rings. The maximum atomic E-state index is 13.0. The summed E-state index contributed by atoms with van der Waals surface area (Å²) >= 11 is 0. The number of esters is 1. The Labute approximate surface area is 170 Å². The predicted octanol–water partition coefficient (Wildman–Crippen LogP) is 3.00. The number of methoxy groups -OCH3 is 3. The molecule has 0 bridgehead atoms. The number of rotatable bonds is 9. The Hall–Kier alpha value is -3.20. The van der Waals surface area contributed by atoms with Gasteiger partial charge in [-0.3, -0.25) is 0 Å². The number of anilines is 1. The lowest BCUT2D eigenvalue weighted by molar-refractivity contribution is -0.137. The fourth-order valence-electron chi connectivity index (χ4n) is 2.41. The van der Waals surface area contributed by atoms with Crippen molar-refractivity contribution >= 4 is 21.5 Å². The fourth-order valence-corrected chi connectivity index (χ4v) is 3.65. The number of benzene rings is 2. The molecule has 2 aromatic rings. The number of carbonyl (C=O) groups is 1. The monoisotopic (exact) mass is 421 g/mol. The van der Waals surface area contributed by atoms with E-state index in [1.807, 2.05) is 0 Å². The minimum atomic E-state index is -4.13. The maximum Gasteiger partial charge on any atom is 0.351 e. The van der Waals surface area contributed by atoms with E-state index in [1.54, 1.807) is 25.1 Å². The Morgan fingerprint density at radius 2 is 1.62 bits per heavy atom. The van der Waals surface area contributed by atoms with Gasteiger partial charge in [-0.05, 0) is 43.3 Å². The molecule has 0 spiro atoms. The summed E-state index contributed by atoms with van der Waals surface area (Å²) in [6.45, 7) is 1.63. The highest BCUT2D eigenvalue weighted by atomic mass is 32.2. The molecule has 0 aliphatic carbocycles. The lowest BCUT2D eigenvalue weighted by Crippen LogP contribution is -2.18. The zero-order valence-corrected chi connectivity index (χ0v) is 17.4. The van der Waals surface area contributed by atoms with Gasteiger partial charge in [-0.15, -0.1) is 0 Å². The minimum absolute atomic E-state index is 0.0324. The zero-order valence-electron chi connectivity index (χ0n) is 16.6. The van der Waals surface area contributed by atoms with E-state index >= 15 is 0 Å². The van der Waals surface area contributed by atoms with Crippen molar-refractivity contribution in [2.45, 2.75) is 11.8 Å². The average Bonchev–Trinajstić information content (AvgIpc) is 2.73. The molecule has 8 nitrogen and oxygen atoms in total. The first-order valence-electron chi connectivity index (χ1n) is 8.62. The molecule has 156 valence electrons. The quantitative estimate of drug-likeness (QED) is 0.487. The van der Waals surface area contributed by atoms with Crippen LogP contribution in [0, 0.1) is 0 Å². The van der Waals surface area contributed by atoms with Crippen LogP contribution in [0.15, 0.2) is 58.5 Å². The summed E-state index contributed by atoms with van der Waals surface area (Å²) in [6, 6.07) is 10.6. The Kier molecular flexibility index (Phi) is 7.49. The van der Waals surface area contributed by atoms with Crippen molar-refractivity contribution in [1.82, 2.24) is 0 Å². The van der Waals surface area contributed by atoms with E-state index in [0.717, 1.165) is 6.20 Å². The summed E-state index contributed by atoms with van der Waals surface area (Å²) in [6.07, 6.45) is 1.10. The topological polar surface area (TPSA) is 100 Å². The van der Waals surface area contributed by atoms with Gasteiger partial charge in [-0.2, -0.15) is 0 Å². The molecule has 0 saturated heterocycles. The molecule has 0 fully saturated rings. The van der Waals surface area contributed by atoms with Gasteiger partial charge >= 0.3 is 5.97 Å². The number of ether oxygens (including phenoxy) is 4. The Morgan fingerprint density at radius 1 is 0.966 bits per heavy atom. The predicted molar refractivity (Wildman–Crippen MR) is 108 cm³/mol. The molecule has 0 aromatic heterocycles. The fraction of sp³-hybridized carbons (Fsp3) is 0.250. The second-order valence-electron chi connectivity index (χ2n) is 5.62. The Morgan fingerprint density at radius 3 is 2.17 bits per heavy atom. The Balaban J connectivity index is 2.42. The van der Waals surface area contributed by atoms with E-state index in [0.29, 0.717) is 22.9 Å². The van der Waals surface area contributed by atoms with Crippen LogP contribution in [0.5, 0.6) is 17.2 Å². The van der Waals surface area contributed by atoms with Gasteiger partial charge < -0.3 is 24.3 Å². The molecule has 0 radical (unpaired) electrons. The maximum absolute atomic E-state index is 13.0. The first-order valence-corrected chi connectivity index (χ1v) is 10.1. The van der Waals surface area contributed by atoms with Crippen LogP contribution < -0.4 is 19.5 Å². The first-order chi connectivity index (χ1) is 13.9. The van der Waals surface area contributed by atoms with Crippen LogP contribution in [0.1, 0.15) is 6.92 Å². The zero-order chi connectivity index (χ0) is 21.4. The molecule has 0 unspecified atom stereocenters. The summed E-state index contributed by atoms with van der Waals surface area (Å²) in [7, 11) is 0.326. The number of hydrogen-bond acceptors (Lipinski definition) is 8. The molecular formula is C20H23NO7S. The smallest absolute Gasteiger partial charge is 0.351 e. The average molecular weight is 421 g/mol. The van der Waals surface area contributed by atoms with Gasteiger partial charge in [0.2, 0.25) is 9.84 Å². The third kappa shape index (κ3) is 5.20. The standard InChI is InChI=1S/C20H23NO7S/c1-5-28-20(22)19(29(23,24)16-9-7-15(25-2)8-10-16)13-21-14-6-11-17(26-3)18(12-14)27-4/h6-13,21H,5H2,1-4H3. The second kappa shape index (κ2) is 9.83. The van der Waals surface area contributed by atoms with Gasteiger partial charge in [0.15, 0.2) is 16.4 Å². The van der Waals surface area contributed by atoms with E-state index in [9.17, 15) is 13.2 Å². The van der Waals surface area contributed by atoms with Gasteiger partial charge in [0, 0.05) is 18.0 Å². The molecule has 0 heterocycles. The van der Waals surface area contributed by atoms with E-state index in [-0.39, 0.29) is 11.5 Å². The van der Waals surface area contributed by atoms with E-state index in [2.05, 4.69) is 5.32 Å². The number of carbonyl (C=O) groups excluding carboxylic acids is 1. The molecule has 2 aromatic carbocycles. The van der Waals surface area contributed by atoms with Crippen molar-refractivity contribution in [2.75, 3.05) is 33.3 Å². The highest BCUT2D eigenvalue weighted by Crippen LogP contribution is 2.30. The van der Waals surface area contributed by atoms with Gasteiger partial charge in [-0.1, -0.05) is 0 Å². The van der Waals surface area contributed by atoms with Gasteiger partial charge in [-0.25, -0.2) is 13.2 Å². The molecule has 0 amide bonds. The normalized spacial score (nSPS) is 11.5. The summed E-state index contributed by atoms with van der Waals surface area (Å²) in [5, 5.41) is 2.81. The SMILES string of the molecule is CCOC(=O)C(=CNc1ccc(OC)c(OC)c1)S(=O)(=O)c1ccc(OC)cc1. The van der Waals surface area contributed by atoms with Crippen LogP contribution >= 0.6 is 0 Å². The van der Waals surface area contributed by atoms with Gasteiger partial charge in [0.25, 0.3) is 0 Å². The van der Waals surface area contributed by atoms with Gasteiger partial charge in [0.1, 0.15) is 5.75 Å². The van der Waals surface area contributed by atoms with Crippen LogP contribution in [-0.2, 0) is 19.4 Å². The summed E-state index contributed by atoms with van der Waals surface area (Å²) < 4.78 is 46.4. The third-order valence-corrected chi connectivity index (χ3v) is 5.65. The van der Waals surface area contributed by atoms with Crippen molar-refractivity contribution in [3.8, 4) is 17.2 Å². The number of sulfone groups is 1. The van der Waals surface area contributed by atoms with E-state index in [1.165, 1.54) is 45.6 Å². The van der Waals surface area contributed by atoms with Crippen molar-refractivity contribution in [2.24, 2.45) is 0 Å². The number of hydrogen-bond donors (Lipinski definition) is 1. The van der Waals surface area contributed by atoms with Crippen molar-refractivity contribution < 1.29 is 32.2 Å². The van der Waals surface area contributed by atoms with Crippen LogP contribution in [0.2, 0.25) is 0 Å². The Bertz CT molecular complexity index is 982. The lowest BCUT2D eigenvalue weighted by Gasteiger charge is -2.12. The summed E-state index contributed by atoms with van der Waals surface area (Å²) in [5.74, 6) is 0.491. The number of nitrogens with one attached hydrogen (secondary N) is 1. The van der Waals surface area contributed by atoms with E-state index < -0.39 is 20.7 Å². The molecule has 0 atom stereocenters. The van der Waals surface area contributed by atoms with Crippen LogP contribution in [0.4, 0.5) is 5.69 Å². The van der Waals surface area contributed by atoms with Gasteiger partial charge in [0.05, 0.1) is 32.8 Å². The highest BCUT2D eigenvalue weighted by molar-refractivity contribution is 7.96. The van der Waals surface area contributed by atoms with Crippen molar-refractivity contribution in [3.63, 3.8) is 0 Å². The van der Waals surface area contributed by atoms with Crippen molar-refractivity contribution in [1.29, 1.82) is 0 Å². The van der Waals surface area contributed by atoms with E-state index in [4.69, 9.17) is 18.9 Å². The molecule has 0 aliphatic heterocycles. The molecule has 1 N–H and O–H groups in total. The molecule has 29 heavy (non-hydrogen) atoms. The molecule has 0 saturated carbocycles. The molecular weight excluding hydrogens is 398 g/mol. The summed E-state index contributed by atoms with van der Waals surface area (Å²) in [5.41, 5.74) is 0.495. The van der Waals surface area contributed by atoms with Crippen LogP contribution in [0.3, 0.4) is 0 Å². The highest BCUT2D eigenvalue weighted by Gasteiger charge is 2.28. The van der Waals surface area contributed by atoms with Crippen molar-refractivity contribution in [3.05, 3.63) is 53.6 Å². The lowest BCUT2D eigenvalue weighted by atomic mass is 10.3. The summed E-state index contributed by atoms with van der Waals surface area (Å²) in [4.78, 5) is 11.8. The van der Waals surface area contributed by atoms with Crippen LogP contribution in [-0.4, -0.2) is 42.3 Å².